The molecule has 1 aliphatic heterocycles. The highest BCUT2D eigenvalue weighted by Gasteiger charge is 2.31. The monoisotopic (exact) mass is 266 g/mol. The molecular weight excluding hydrogens is 240 g/mol. The first-order chi connectivity index (χ1) is 9.17. The third kappa shape index (κ3) is 3.14. The van der Waals surface area contributed by atoms with E-state index in [0.29, 0.717) is 6.04 Å². The zero-order chi connectivity index (χ0) is 13.8. The minimum atomic E-state index is 0.113. The van der Waals surface area contributed by atoms with Gasteiger partial charge < -0.3 is 4.90 Å². The van der Waals surface area contributed by atoms with Crippen LogP contribution in [0.2, 0.25) is 0 Å². The molecule has 2 heterocycles. The molecule has 0 aliphatic carbocycles. The molecule has 1 aromatic heterocycles. The molecule has 0 amide bonds. The van der Waals surface area contributed by atoms with Gasteiger partial charge in [-0.25, -0.2) is 5.43 Å². The van der Waals surface area contributed by atoms with Crippen molar-refractivity contribution < 1.29 is 0 Å². The number of nitrogens with zero attached hydrogens (tertiary/aromatic N) is 4. The molecule has 1 aromatic rings. The van der Waals surface area contributed by atoms with Gasteiger partial charge in [-0.2, -0.15) is 5.10 Å². The number of piperazine rings is 1. The molecule has 19 heavy (non-hydrogen) atoms. The minimum absolute atomic E-state index is 0.113. The van der Waals surface area contributed by atoms with Gasteiger partial charge in [0.25, 0.3) is 0 Å². The Morgan fingerprint density at radius 3 is 2.95 bits per heavy atom. The van der Waals surface area contributed by atoms with Gasteiger partial charge in [-0.05, 0) is 26.6 Å². The maximum atomic E-state index is 5.83. The van der Waals surface area contributed by atoms with E-state index < -0.39 is 0 Å². The van der Waals surface area contributed by atoms with Gasteiger partial charge in [-0.3, -0.25) is 15.4 Å². The average Bonchev–Trinajstić information content (AvgIpc) is 2.83. The van der Waals surface area contributed by atoms with E-state index in [4.69, 9.17) is 5.84 Å². The summed E-state index contributed by atoms with van der Waals surface area (Å²) >= 11 is 0. The summed E-state index contributed by atoms with van der Waals surface area (Å²) in [5.41, 5.74) is 4.17. The summed E-state index contributed by atoms with van der Waals surface area (Å²) in [5, 5.41) is 4.40. The van der Waals surface area contributed by atoms with Gasteiger partial charge in [0.05, 0.1) is 11.7 Å². The van der Waals surface area contributed by atoms with Gasteiger partial charge in [0, 0.05) is 38.4 Å². The molecule has 0 radical (unpaired) electrons. The number of nitrogens with one attached hydrogen (secondary N) is 1. The van der Waals surface area contributed by atoms with E-state index in [-0.39, 0.29) is 6.04 Å². The molecule has 2 unspecified atom stereocenters. The number of hydrogen-bond donors (Lipinski definition) is 2. The molecule has 2 atom stereocenters. The predicted octanol–water partition coefficient (Wildman–Crippen LogP) is 0.0433. The van der Waals surface area contributed by atoms with Crippen LogP contribution in [-0.4, -0.2) is 59.4 Å². The van der Waals surface area contributed by atoms with Crippen molar-refractivity contribution in [2.24, 2.45) is 5.84 Å². The van der Waals surface area contributed by atoms with E-state index in [1.807, 2.05) is 6.20 Å². The van der Waals surface area contributed by atoms with E-state index in [0.717, 1.165) is 32.6 Å². The van der Waals surface area contributed by atoms with E-state index in [2.05, 4.69) is 52.1 Å². The van der Waals surface area contributed by atoms with Gasteiger partial charge in [-0.1, -0.05) is 6.92 Å². The molecule has 1 aliphatic rings. The topological polar surface area (TPSA) is 62.4 Å². The quantitative estimate of drug-likeness (QED) is 0.582. The molecular formula is C13H26N6. The Morgan fingerprint density at radius 1 is 1.47 bits per heavy atom. The standard InChI is InChI=1S/C13H26N6/c1-4-7-19-11(5-6-15-19)13(16-14)12-10-17(2)8-9-18(12)3/h5-6,12-13,16H,4,7-10,14H2,1-3H3. The summed E-state index contributed by atoms with van der Waals surface area (Å²) in [6, 6.07) is 2.56. The van der Waals surface area contributed by atoms with E-state index in [9.17, 15) is 0 Å². The average molecular weight is 266 g/mol. The minimum Gasteiger partial charge on any atom is -0.303 e. The fraction of sp³-hybridized carbons (Fsp3) is 0.769. The second kappa shape index (κ2) is 6.47. The molecule has 2 rings (SSSR count). The third-order valence-electron chi connectivity index (χ3n) is 3.97. The van der Waals surface area contributed by atoms with Crippen LogP contribution in [-0.2, 0) is 6.54 Å². The Kier molecular flexibility index (Phi) is 4.93. The van der Waals surface area contributed by atoms with E-state index in [1.54, 1.807) is 0 Å². The smallest absolute Gasteiger partial charge is 0.0796 e. The Labute approximate surface area is 115 Å². The van der Waals surface area contributed by atoms with Crippen molar-refractivity contribution in [3.05, 3.63) is 18.0 Å². The number of rotatable bonds is 5. The normalized spacial score (nSPS) is 23.7. The second-order valence-corrected chi connectivity index (χ2v) is 5.43. The first-order valence-electron chi connectivity index (χ1n) is 7.04. The van der Waals surface area contributed by atoms with Gasteiger partial charge in [0.1, 0.15) is 0 Å². The lowest BCUT2D eigenvalue weighted by molar-refractivity contribution is 0.0852. The molecule has 108 valence electrons. The van der Waals surface area contributed by atoms with E-state index >= 15 is 0 Å². The Bertz CT molecular complexity index is 390. The summed E-state index contributed by atoms with van der Waals surface area (Å²) in [4.78, 5) is 4.74. The van der Waals surface area contributed by atoms with Crippen molar-refractivity contribution in [1.82, 2.24) is 25.0 Å². The molecule has 3 N–H and O–H groups in total. The molecule has 1 fully saturated rings. The van der Waals surface area contributed by atoms with Crippen LogP contribution in [0.5, 0.6) is 0 Å². The first kappa shape index (κ1) is 14.5. The highest BCUT2D eigenvalue weighted by Crippen LogP contribution is 2.22. The lowest BCUT2D eigenvalue weighted by Gasteiger charge is -2.41. The Hall–Kier alpha value is -0.950. The Balaban J connectivity index is 2.20. The first-order valence-corrected chi connectivity index (χ1v) is 7.04. The molecule has 0 aromatic carbocycles. The fourth-order valence-electron chi connectivity index (χ4n) is 2.80. The molecule has 0 saturated carbocycles. The number of hydrogen-bond acceptors (Lipinski definition) is 5. The van der Waals surface area contributed by atoms with Crippen LogP contribution in [0.1, 0.15) is 25.1 Å². The van der Waals surface area contributed by atoms with Crippen LogP contribution in [0.3, 0.4) is 0 Å². The summed E-state index contributed by atoms with van der Waals surface area (Å²) in [6.07, 6.45) is 2.94. The van der Waals surface area contributed by atoms with Crippen molar-refractivity contribution in [3.8, 4) is 0 Å². The Morgan fingerprint density at radius 2 is 2.26 bits per heavy atom. The maximum Gasteiger partial charge on any atom is 0.0796 e. The van der Waals surface area contributed by atoms with Crippen molar-refractivity contribution in [3.63, 3.8) is 0 Å². The fourth-order valence-corrected chi connectivity index (χ4v) is 2.80. The van der Waals surface area contributed by atoms with Crippen molar-refractivity contribution in [2.75, 3.05) is 33.7 Å². The van der Waals surface area contributed by atoms with Gasteiger partial charge in [-0.15, -0.1) is 0 Å². The summed E-state index contributed by atoms with van der Waals surface area (Å²) in [6.45, 7) is 6.30. The van der Waals surface area contributed by atoms with Crippen LogP contribution in [0.15, 0.2) is 12.3 Å². The zero-order valence-electron chi connectivity index (χ0n) is 12.2. The number of nitrogens with two attached hydrogens (primary N) is 1. The molecule has 0 bridgehead atoms. The highest BCUT2D eigenvalue weighted by atomic mass is 15.4. The number of likely N-dealkylation sites (N-methyl/N-ethyl adjacent to an activating group) is 2. The summed E-state index contributed by atoms with van der Waals surface area (Å²) < 4.78 is 2.06. The van der Waals surface area contributed by atoms with Crippen molar-refractivity contribution >= 4 is 0 Å². The largest absolute Gasteiger partial charge is 0.303 e. The molecule has 0 spiro atoms. The van der Waals surface area contributed by atoms with Crippen LogP contribution >= 0.6 is 0 Å². The summed E-state index contributed by atoms with van der Waals surface area (Å²) in [7, 11) is 4.33. The van der Waals surface area contributed by atoms with Crippen molar-refractivity contribution in [1.29, 1.82) is 0 Å². The van der Waals surface area contributed by atoms with Crippen LogP contribution in [0, 0.1) is 0 Å². The second-order valence-electron chi connectivity index (χ2n) is 5.43. The number of aromatic nitrogens is 2. The lowest BCUT2D eigenvalue weighted by atomic mass is 10.0. The van der Waals surface area contributed by atoms with Gasteiger partial charge >= 0.3 is 0 Å². The SMILES string of the molecule is CCCn1nccc1C(NN)C1CN(C)CCN1C. The molecule has 1 saturated heterocycles. The lowest BCUT2D eigenvalue weighted by Crippen LogP contribution is -2.56. The summed E-state index contributed by atoms with van der Waals surface area (Å²) in [5.74, 6) is 5.83. The van der Waals surface area contributed by atoms with Crippen LogP contribution in [0.4, 0.5) is 0 Å². The predicted molar refractivity (Wildman–Crippen MR) is 76.5 cm³/mol. The van der Waals surface area contributed by atoms with Gasteiger partial charge in [0.15, 0.2) is 0 Å². The molecule has 6 heteroatoms. The van der Waals surface area contributed by atoms with Crippen molar-refractivity contribution in [2.45, 2.75) is 32.0 Å². The zero-order valence-corrected chi connectivity index (χ0v) is 12.2. The molecule has 6 nitrogen and oxygen atoms in total. The number of aryl methyl sites for hydroxylation is 1. The highest BCUT2D eigenvalue weighted by molar-refractivity contribution is 5.11. The van der Waals surface area contributed by atoms with Crippen LogP contribution in [0.25, 0.3) is 0 Å². The number of hydrazine groups is 1. The maximum absolute atomic E-state index is 5.83. The van der Waals surface area contributed by atoms with Gasteiger partial charge in [0.2, 0.25) is 0 Å². The third-order valence-corrected chi connectivity index (χ3v) is 3.97. The van der Waals surface area contributed by atoms with E-state index in [1.165, 1.54) is 5.69 Å². The van der Waals surface area contributed by atoms with Crippen LogP contribution < -0.4 is 11.3 Å².